The maximum absolute atomic E-state index is 11.2. The molecule has 0 saturated heterocycles. The number of nitrogens with zero attached hydrogens (tertiary/aromatic N) is 1. The van der Waals surface area contributed by atoms with E-state index in [2.05, 4.69) is 15.3 Å². The Morgan fingerprint density at radius 3 is 3.20 bits per heavy atom. The number of fused-ring (bicyclic) bond motifs is 1. The number of rotatable bonds is 3. The van der Waals surface area contributed by atoms with Crippen LogP contribution < -0.4 is 5.32 Å². The number of anilines is 1. The molecule has 0 aliphatic carbocycles. The lowest BCUT2D eigenvalue weighted by atomic mass is 10.2. The summed E-state index contributed by atoms with van der Waals surface area (Å²) in [6.45, 7) is -0.141. The molecule has 0 radical (unpaired) electrons. The van der Waals surface area contributed by atoms with Crippen LogP contribution in [0, 0.1) is 0 Å². The normalized spacial score (nSPS) is 10.5. The number of amides is 1. The van der Waals surface area contributed by atoms with Gasteiger partial charge in [0.05, 0.1) is 30.4 Å². The second-order valence-corrected chi connectivity index (χ2v) is 3.16. The fourth-order valence-electron chi connectivity index (χ4n) is 1.34. The van der Waals surface area contributed by atoms with Gasteiger partial charge >= 0.3 is 0 Å². The summed E-state index contributed by atoms with van der Waals surface area (Å²) >= 11 is 0. The van der Waals surface area contributed by atoms with E-state index in [4.69, 9.17) is 5.11 Å². The van der Waals surface area contributed by atoms with E-state index in [-0.39, 0.29) is 18.9 Å². The molecular weight excluding hydrogens is 194 g/mol. The Morgan fingerprint density at radius 2 is 2.40 bits per heavy atom. The van der Waals surface area contributed by atoms with Crippen LogP contribution in [0.3, 0.4) is 0 Å². The number of aromatic nitrogens is 2. The second-order valence-electron chi connectivity index (χ2n) is 3.16. The van der Waals surface area contributed by atoms with Gasteiger partial charge in [-0.05, 0) is 18.2 Å². The van der Waals surface area contributed by atoms with E-state index in [0.717, 1.165) is 11.0 Å². The molecule has 2 aromatic rings. The van der Waals surface area contributed by atoms with Crippen LogP contribution in [0.25, 0.3) is 11.0 Å². The first kappa shape index (κ1) is 9.67. The van der Waals surface area contributed by atoms with E-state index in [0.29, 0.717) is 5.69 Å². The van der Waals surface area contributed by atoms with Crippen molar-refractivity contribution in [3.63, 3.8) is 0 Å². The average molecular weight is 205 g/mol. The van der Waals surface area contributed by atoms with Crippen molar-refractivity contribution in [3.05, 3.63) is 24.5 Å². The minimum atomic E-state index is -0.198. The Bertz CT molecular complexity index is 478. The highest BCUT2D eigenvalue weighted by atomic mass is 16.3. The van der Waals surface area contributed by atoms with Crippen LogP contribution in [-0.2, 0) is 4.79 Å². The van der Waals surface area contributed by atoms with E-state index in [1.165, 1.54) is 0 Å². The van der Waals surface area contributed by atoms with Gasteiger partial charge in [0, 0.05) is 5.69 Å². The Kier molecular flexibility index (Phi) is 2.64. The molecule has 2 rings (SSSR count). The van der Waals surface area contributed by atoms with Gasteiger partial charge in [-0.25, -0.2) is 4.98 Å². The summed E-state index contributed by atoms with van der Waals surface area (Å²) in [5, 5.41) is 11.3. The Balaban J connectivity index is 2.17. The fraction of sp³-hybridized carbons (Fsp3) is 0.200. The van der Waals surface area contributed by atoms with Gasteiger partial charge < -0.3 is 15.4 Å². The standard InChI is InChI=1S/C10H11N3O2/c14-4-3-10(15)13-7-1-2-8-9(5-7)12-6-11-8/h1-2,5-6,14H,3-4H2,(H,11,12)(H,13,15). The van der Waals surface area contributed by atoms with Gasteiger partial charge in [-0.3, -0.25) is 4.79 Å². The fourth-order valence-corrected chi connectivity index (χ4v) is 1.34. The number of imidazole rings is 1. The van der Waals surface area contributed by atoms with Crippen LogP contribution in [-0.4, -0.2) is 27.6 Å². The topological polar surface area (TPSA) is 78.0 Å². The van der Waals surface area contributed by atoms with Gasteiger partial charge in [0.1, 0.15) is 0 Å². The van der Waals surface area contributed by atoms with Crippen molar-refractivity contribution in [1.82, 2.24) is 9.97 Å². The summed E-state index contributed by atoms with van der Waals surface area (Å²) in [4.78, 5) is 18.2. The number of aliphatic hydroxyl groups is 1. The summed E-state index contributed by atoms with van der Waals surface area (Å²) in [5.41, 5.74) is 2.43. The molecule has 1 heterocycles. The number of H-pyrrole nitrogens is 1. The molecule has 1 aromatic heterocycles. The van der Waals surface area contributed by atoms with E-state index in [9.17, 15) is 4.79 Å². The summed E-state index contributed by atoms with van der Waals surface area (Å²) in [6.07, 6.45) is 1.71. The van der Waals surface area contributed by atoms with Crippen molar-refractivity contribution in [2.24, 2.45) is 0 Å². The maximum Gasteiger partial charge on any atom is 0.226 e. The molecule has 1 aromatic carbocycles. The monoisotopic (exact) mass is 205 g/mol. The van der Waals surface area contributed by atoms with Crippen LogP contribution in [0.5, 0.6) is 0 Å². The molecule has 5 nitrogen and oxygen atoms in total. The maximum atomic E-state index is 11.2. The Labute approximate surface area is 86.1 Å². The number of carbonyl (C=O) groups is 1. The number of hydrogen-bond donors (Lipinski definition) is 3. The van der Waals surface area contributed by atoms with Crippen molar-refractivity contribution in [2.45, 2.75) is 6.42 Å². The van der Waals surface area contributed by atoms with Gasteiger partial charge in [-0.15, -0.1) is 0 Å². The number of benzene rings is 1. The van der Waals surface area contributed by atoms with Crippen LogP contribution >= 0.6 is 0 Å². The molecule has 0 saturated carbocycles. The first-order valence-electron chi connectivity index (χ1n) is 4.63. The van der Waals surface area contributed by atoms with E-state index >= 15 is 0 Å². The zero-order valence-corrected chi connectivity index (χ0v) is 8.03. The first-order chi connectivity index (χ1) is 7.29. The predicted molar refractivity (Wildman–Crippen MR) is 56.4 cm³/mol. The lowest BCUT2D eigenvalue weighted by molar-refractivity contribution is -0.116. The van der Waals surface area contributed by atoms with Crippen LogP contribution in [0.1, 0.15) is 6.42 Å². The number of aliphatic hydroxyl groups excluding tert-OH is 1. The average Bonchev–Trinajstić information content (AvgIpc) is 2.65. The number of hydrogen-bond acceptors (Lipinski definition) is 3. The van der Waals surface area contributed by atoms with Gasteiger partial charge in [0.2, 0.25) is 5.91 Å². The quantitative estimate of drug-likeness (QED) is 0.696. The highest BCUT2D eigenvalue weighted by Crippen LogP contribution is 2.15. The largest absolute Gasteiger partial charge is 0.396 e. The molecule has 0 spiro atoms. The van der Waals surface area contributed by atoms with Crippen molar-refractivity contribution < 1.29 is 9.90 Å². The zero-order chi connectivity index (χ0) is 10.7. The predicted octanol–water partition coefficient (Wildman–Crippen LogP) is 0.884. The number of carbonyl (C=O) groups excluding carboxylic acids is 1. The number of nitrogens with one attached hydrogen (secondary N) is 2. The number of aromatic amines is 1. The molecule has 78 valence electrons. The molecule has 0 atom stereocenters. The molecule has 1 amide bonds. The van der Waals surface area contributed by atoms with Crippen LogP contribution in [0.4, 0.5) is 5.69 Å². The third-order valence-electron chi connectivity index (χ3n) is 2.04. The van der Waals surface area contributed by atoms with Crippen molar-refractivity contribution in [2.75, 3.05) is 11.9 Å². The second kappa shape index (κ2) is 4.10. The highest BCUT2D eigenvalue weighted by molar-refractivity contribution is 5.92. The van der Waals surface area contributed by atoms with Gasteiger partial charge in [0.15, 0.2) is 0 Å². The first-order valence-corrected chi connectivity index (χ1v) is 4.63. The summed E-state index contributed by atoms with van der Waals surface area (Å²) in [7, 11) is 0. The smallest absolute Gasteiger partial charge is 0.226 e. The third-order valence-corrected chi connectivity index (χ3v) is 2.04. The van der Waals surface area contributed by atoms with Crippen molar-refractivity contribution >= 4 is 22.6 Å². The minimum Gasteiger partial charge on any atom is -0.396 e. The molecule has 0 bridgehead atoms. The van der Waals surface area contributed by atoms with E-state index < -0.39 is 0 Å². The van der Waals surface area contributed by atoms with Gasteiger partial charge in [-0.1, -0.05) is 0 Å². The molecule has 0 unspecified atom stereocenters. The molecule has 15 heavy (non-hydrogen) atoms. The van der Waals surface area contributed by atoms with Gasteiger partial charge in [-0.2, -0.15) is 0 Å². The molecule has 3 N–H and O–H groups in total. The Morgan fingerprint density at radius 1 is 1.53 bits per heavy atom. The summed E-state index contributed by atoms with van der Waals surface area (Å²) < 4.78 is 0. The molecule has 0 aliphatic rings. The lowest BCUT2D eigenvalue weighted by Crippen LogP contribution is -2.12. The van der Waals surface area contributed by atoms with Crippen LogP contribution in [0.2, 0.25) is 0 Å². The van der Waals surface area contributed by atoms with E-state index in [1.807, 2.05) is 6.07 Å². The summed E-state index contributed by atoms with van der Waals surface area (Å²) in [5.74, 6) is -0.198. The third kappa shape index (κ3) is 2.13. The van der Waals surface area contributed by atoms with Crippen LogP contribution in [0.15, 0.2) is 24.5 Å². The lowest BCUT2D eigenvalue weighted by Gasteiger charge is -2.03. The highest BCUT2D eigenvalue weighted by Gasteiger charge is 2.02. The van der Waals surface area contributed by atoms with E-state index in [1.54, 1.807) is 18.5 Å². The van der Waals surface area contributed by atoms with Gasteiger partial charge in [0.25, 0.3) is 0 Å². The van der Waals surface area contributed by atoms with Crippen molar-refractivity contribution in [1.29, 1.82) is 0 Å². The zero-order valence-electron chi connectivity index (χ0n) is 8.03. The van der Waals surface area contributed by atoms with Crippen molar-refractivity contribution in [3.8, 4) is 0 Å². The Hall–Kier alpha value is -1.88. The molecule has 0 aliphatic heterocycles. The molecule has 5 heteroatoms. The summed E-state index contributed by atoms with van der Waals surface area (Å²) in [6, 6.07) is 5.40. The SMILES string of the molecule is O=C(CCO)Nc1ccc2nc[nH]c2c1. The molecular formula is C10H11N3O2. The molecule has 0 fully saturated rings. The minimum absolute atomic E-state index is 0.112.